The predicted molar refractivity (Wildman–Crippen MR) is 111 cm³/mol. The fourth-order valence-electron chi connectivity index (χ4n) is 2.33. The Labute approximate surface area is 166 Å². The molecule has 3 rings (SSSR count). The molecule has 0 amide bonds. The highest BCUT2D eigenvalue weighted by Gasteiger charge is 2.11. The molecular formula is C20H16ClFN2O2S. The van der Waals surface area contributed by atoms with Crippen molar-refractivity contribution in [3.05, 3.63) is 77.6 Å². The number of hydrogen-bond donors (Lipinski definition) is 2. The van der Waals surface area contributed by atoms with Crippen LogP contribution >= 0.6 is 23.8 Å². The number of para-hydroxylation sites is 2. The summed E-state index contributed by atoms with van der Waals surface area (Å²) in [6.07, 6.45) is 0. The van der Waals surface area contributed by atoms with Crippen molar-refractivity contribution in [3.63, 3.8) is 0 Å². The fraction of sp³-hybridized carbons (Fsp3) is 0.0500. The Morgan fingerprint density at radius 3 is 2.33 bits per heavy atom. The van der Waals surface area contributed by atoms with E-state index in [4.69, 9.17) is 33.3 Å². The van der Waals surface area contributed by atoms with Crippen molar-refractivity contribution in [3.8, 4) is 17.2 Å². The number of methoxy groups -OCH3 is 1. The zero-order valence-electron chi connectivity index (χ0n) is 14.3. The van der Waals surface area contributed by atoms with Crippen LogP contribution in [-0.2, 0) is 0 Å². The van der Waals surface area contributed by atoms with Gasteiger partial charge in [0.05, 0.1) is 12.8 Å². The minimum absolute atomic E-state index is 0.314. The largest absolute Gasteiger partial charge is 0.493 e. The Kier molecular flexibility index (Phi) is 6.11. The van der Waals surface area contributed by atoms with Crippen molar-refractivity contribution in [2.75, 3.05) is 17.7 Å². The third-order valence-corrected chi connectivity index (χ3v) is 4.02. The SMILES string of the molecule is COc1ccccc1Oc1ccc(Cl)cc1NC(=S)Nc1ccc(F)cc1. The zero-order chi connectivity index (χ0) is 19.2. The molecule has 0 unspecified atom stereocenters. The van der Waals surface area contributed by atoms with Gasteiger partial charge in [-0.1, -0.05) is 23.7 Å². The lowest BCUT2D eigenvalue weighted by molar-refractivity contribution is 0.379. The number of thiocarbonyl (C=S) groups is 1. The molecule has 2 N–H and O–H groups in total. The van der Waals surface area contributed by atoms with Gasteiger partial charge in [0, 0.05) is 10.7 Å². The number of rotatable bonds is 5. The lowest BCUT2D eigenvalue weighted by Crippen LogP contribution is -2.19. The molecule has 0 atom stereocenters. The molecule has 27 heavy (non-hydrogen) atoms. The van der Waals surface area contributed by atoms with Crippen molar-refractivity contribution < 1.29 is 13.9 Å². The van der Waals surface area contributed by atoms with Gasteiger partial charge < -0.3 is 20.1 Å². The molecule has 0 aliphatic rings. The van der Waals surface area contributed by atoms with Crippen LogP contribution in [0.2, 0.25) is 5.02 Å². The minimum Gasteiger partial charge on any atom is -0.493 e. The number of ether oxygens (including phenoxy) is 2. The van der Waals surface area contributed by atoms with Gasteiger partial charge in [-0.2, -0.15) is 0 Å². The van der Waals surface area contributed by atoms with Gasteiger partial charge in [-0.25, -0.2) is 4.39 Å². The van der Waals surface area contributed by atoms with Crippen LogP contribution in [0.25, 0.3) is 0 Å². The van der Waals surface area contributed by atoms with Crippen LogP contribution in [0, 0.1) is 5.82 Å². The maximum Gasteiger partial charge on any atom is 0.175 e. The van der Waals surface area contributed by atoms with E-state index in [1.54, 1.807) is 49.6 Å². The van der Waals surface area contributed by atoms with Crippen LogP contribution in [-0.4, -0.2) is 12.2 Å². The number of nitrogens with one attached hydrogen (secondary N) is 2. The Morgan fingerprint density at radius 1 is 0.926 bits per heavy atom. The summed E-state index contributed by atoms with van der Waals surface area (Å²) in [7, 11) is 1.57. The normalized spacial score (nSPS) is 10.2. The van der Waals surface area contributed by atoms with Gasteiger partial charge in [-0.3, -0.25) is 0 Å². The summed E-state index contributed by atoms with van der Waals surface area (Å²) in [4.78, 5) is 0. The van der Waals surface area contributed by atoms with Crippen molar-refractivity contribution in [1.29, 1.82) is 0 Å². The monoisotopic (exact) mass is 402 g/mol. The second-order valence-corrected chi connectivity index (χ2v) is 6.32. The molecule has 0 bridgehead atoms. The Bertz CT molecular complexity index is 951. The zero-order valence-corrected chi connectivity index (χ0v) is 15.9. The first-order valence-electron chi connectivity index (χ1n) is 7.99. The van der Waals surface area contributed by atoms with E-state index in [0.29, 0.717) is 38.8 Å². The van der Waals surface area contributed by atoms with Gasteiger partial charge in [-0.05, 0) is 66.8 Å². The average Bonchev–Trinajstić information content (AvgIpc) is 2.66. The Balaban J connectivity index is 1.79. The molecule has 0 radical (unpaired) electrons. The first kappa shape index (κ1) is 18.9. The van der Waals surface area contributed by atoms with Gasteiger partial charge in [-0.15, -0.1) is 0 Å². The van der Waals surface area contributed by atoms with E-state index in [2.05, 4.69) is 10.6 Å². The third-order valence-electron chi connectivity index (χ3n) is 3.58. The summed E-state index contributed by atoms with van der Waals surface area (Å²) in [5.74, 6) is 1.36. The first-order chi connectivity index (χ1) is 13.0. The molecule has 3 aromatic rings. The van der Waals surface area contributed by atoms with E-state index in [-0.39, 0.29) is 5.82 Å². The average molecular weight is 403 g/mol. The summed E-state index contributed by atoms with van der Waals surface area (Å²) >= 11 is 11.4. The molecule has 0 fully saturated rings. The van der Waals surface area contributed by atoms with Crippen LogP contribution < -0.4 is 20.1 Å². The molecule has 3 aromatic carbocycles. The molecule has 0 aliphatic carbocycles. The first-order valence-corrected chi connectivity index (χ1v) is 8.78. The Morgan fingerprint density at radius 2 is 1.63 bits per heavy atom. The van der Waals surface area contributed by atoms with Gasteiger partial charge in [0.15, 0.2) is 22.4 Å². The van der Waals surface area contributed by atoms with Crippen LogP contribution in [0.15, 0.2) is 66.7 Å². The predicted octanol–water partition coefficient (Wildman–Crippen LogP) is 6.09. The molecule has 0 aromatic heterocycles. The molecule has 4 nitrogen and oxygen atoms in total. The maximum absolute atomic E-state index is 13.0. The van der Waals surface area contributed by atoms with Crippen LogP contribution in [0.3, 0.4) is 0 Å². The van der Waals surface area contributed by atoms with Gasteiger partial charge in [0.2, 0.25) is 0 Å². The number of halogens is 2. The minimum atomic E-state index is -0.318. The Hall–Kier alpha value is -2.83. The highest BCUT2D eigenvalue weighted by atomic mass is 35.5. The number of anilines is 2. The second kappa shape index (κ2) is 8.70. The summed E-state index contributed by atoms with van der Waals surface area (Å²) < 4.78 is 24.3. The lowest BCUT2D eigenvalue weighted by Gasteiger charge is -2.16. The van der Waals surface area contributed by atoms with E-state index in [9.17, 15) is 4.39 Å². The van der Waals surface area contributed by atoms with Crippen molar-refractivity contribution >= 4 is 40.3 Å². The van der Waals surface area contributed by atoms with Crippen LogP contribution in [0.1, 0.15) is 0 Å². The molecular weight excluding hydrogens is 387 g/mol. The number of benzene rings is 3. The molecule has 0 saturated heterocycles. The molecule has 138 valence electrons. The summed E-state index contributed by atoms with van der Waals surface area (Å²) in [6, 6.07) is 18.3. The maximum atomic E-state index is 13.0. The molecule has 0 aliphatic heterocycles. The standard InChI is InChI=1S/C20H16ClFN2O2S/c1-25-18-4-2-3-5-19(18)26-17-11-6-13(21)12-16(17)24-20(27)23-15-9-7-14(22)8-10-15/h2-12H,1H3,(H2,23,24,27). The smallest absolute Gasteiger partial charge is 0.175 e. The van der Waals surface area contributed by atoms with Crippen molar-refractivity contribution in [2.24, 2.45) is 0 Å². The van der Waals surface area contributed by atoms with Gasteiger partial charge in [0.25, 0.3) is 0 Å². The van der Waals surface area contributed by atoms with E-state index in [0.717, 1.165) is 0 Å². The quantitative estimate of drug-likeness (QED) is 0.505. The van der Waals surface area contributed by atoms with Crippen LogP contribution in [0.5, 0.6) is 17.2 Å². The summed E-state index contributed by atoms with van der Waals surface area (Å²) in [5, 5.41) is 6.87. The fourth-order valence-corrected chi connectivity index (χ4v) is 2.73. The number of hydrogen-bond acceptors (Lipinski definition) is 3. The van der Waals surface area contributed by atoms with Crippen molar-refractivity contribution in [2.45, 2.75) is 0 Å². The van der Waals surface area contributed by atoms with Crippen LogP contribution in [0.4, 0.5) is 15.8 Å². The van der Waals surface area contributed by atoms with E-state index >= 15 is 0 Å². The summed E-state index contributed by atoms with van der Waals surface area (Å²) in [6.45, 7) is 0. The van der Waals surface area contributed by atoms with Gasteiger partial charge in [0.1, 0.15) is 5.82 Å². The second-order valence-electron chi connectivity index (χ2n) is 5.48. The summed E-state index contributed by atoms with van der Waals surface area (Å²) in [5.41, 5.74) is 1.23. The molecule has 0 spiro atoms. The lowest BCUT2D eigenvalue weighted by atomic mass is 10.2. The molecule has 0 saturated carbocycles. The molecule has 7 heteroatoms. The molecule has 0 heterocycles. The highest BCUT2D eigenvalue weighted by molar-refractivity contribution is 7.80. The van der Waals surface area contributed by atoms with E-state index < -0.39 is 0 Å². The van der Waals surface area contributed by atoms with E-state index in [1.807, 2.05) is 12.1 Å². The topological polar surface area (TPSA) is 42.5 Å². The van der Waals surface area contributed by atoms with Gasteiger partial charge >= 0.3 is 0 Å². The third kappa shape index (κ3) is 5.09. The van der Waals surface area contributed by atoms with Crippen molar-refractivity contribution in [1.82, 2.24) is 0 Å². The highest BCUT2D eigenvalue weighted by Crippen LogP contribution is 2.36. The van der Waals surface area contributed by atoms with E-state index in [1.165, 1.54) is 12.1 Å².